The lowest BCUT2D eigenvalue weighted by Crippen LogP contribution is -2.51. The molecule has 2 saturated carbocycles. The smallest absolute Gasteiger partial charge is 0.307 e. The molecule has 5 atom stereocenters. The molecule has 0 heterocycles. The summed E-state index contributed by atoms with van der Waals surface area (Å²) in [4.78, 5) is 36.3. The summed E-state index contributed by atoms with van der Waals surface area (Å²) in [7, 11) is 0. The first-order valence-electron chi connectivity index (χ1n) is 9.33. The van der Waals surface area contributed by atoms with E-state index in [0.717, 1.165) is 30.4 Å². The van der Waals surface area contributed by atoms with Gasteiger partial charge in [-0.05, 0) is 75.1 Å². The van der Waals surface area contributed by atoms with E-state index in [2.05, 4.69) is 10.9 Å². The summed E-state index contributed by atoms with van der Waals surface area (Å²) >= 11 is 0. The first kappa shape index (κ1) is 19.2. The Hall–Kier alpha value is -2.57. The quantitative estimate of drug-likeness (QED) is 0.684. The minimum atomic E-state index is -0.930. The van der Waals surface area contributed by atoms with Gasteiger partial charge in [0, 0.05) is 0 Å². The Morgan fingerprint density at radius 3 is 2.22 bits per heavy atom. The number of hydrogen-bond donors (Lipinski definition) is 3. The second-order valence-electron chi connectivity index (χ2n) is 7.79. The van der Waals surface area contributed by atoms with Gasteiger partial charge in [0.2, 0.25) is 5.91 Å². The highest BCUT2D eigenvalue weighted by Crippen LogP contribution is 2.52. The van der Waals surface area contributed by atoms with Crippen LogP contribution < -0.4 is 15.6 Å². The molecule has 2 fully saturated rings. The minimum absolute atomic E-state index is 0.0609. The summed E-state index contributed by atoms with van der Waals surface area (Å²) in [6.07, 6.45) is 1.70. The predicted molar refractivity (Wildman–Crippen MR) is 97.7 cm³/mol. The van der Waals surface area contributed by atoms with Crippen LogP contribution in [0, 0.1) is 37.5 Å². The number of carboxylic acids is 1. The second-order valence-corrected chi connectivity index (χ2v) is 7.79. The number of fused-ring (bicyclic) bond motifs is 2. The van der Waals surface area contributed by atoms with Crippen LogP contribution in [0.2, 0.25) is 0 Å². The number of hydrazine groups is 1. The van der Waals surface area contributed by atoms with Gasteiger partial charge < -0.3 is 9.84 Å². The van der Waals surface area contributed by atoms with Crippen molar-refractivity contribution in [3.63, 3.8) is 0 Å². The fourth-order valence-corrected chi connectivity index (χ4v) is 4.59. The van der Waals surface area contributed by atoms with Gasteiger partial charge >= 0.3 is 5.97 Å². The first-order chi connectivity index (χ1) is 12.8. The maximum Gasteiger partial charge on any atom is 0.307 e. The molecule has 3 N–H and O–H groups in total. The van der Waals surface area contributed by atoms with E-state index in [0.29, 0.717) is 5.75 Å². The molecule has 7 heteroatoms. The maximum absolute atomic E-state index is 12.5. The van der Waals surface area contributed by atoms with Crippen molar-refractivity contribution in [1.29, 1.82) is 0 Å². The van der Waals surface area contributed by atoms with E-state index >= 15 is 0 Å². The number of ether oxygens (including phenoxy) is 1. The van der Waals surface area contributed by atoms with Crippen molar-refractivity contribution in [2.75, 3.05) is 0 Å². The van der Waals surface area contributed by atoms with E-state index in [1.54, 1.807) is 6.92 Å². The highest BCUT2D eigenvalue weighted by atomic mass is 16.5. The van der Waals surface area contributed by atoms with E-state index < -0.39 is 35.7 Å². The first-order valence-corrected chi connectivity index (χ1v) is 9.33. The molecule has 0 aromatic heterocycles. The van der Waals surface area contributed by atoms with Crippen LogP contribution in [0.5, 0.6) is 5.75 Å². The molecule has 2 aliphatic carbocycles. The van der Waals surface area contributed by atoms with Crippen LogP contribution in [0.15, 0.2) is 18.2 Å². The van der Waals surface area contributed by atoms with Crippen LogP contribution in [0.3, 0.4) is 0 Å². The van der Waals surface area contributed by atoms with Gasteiger partial charge in [0.25, 0.3) is 5.91 Å². The van der Waals surface area contributed by atoms with Gasteiger partial charge in [-0.15, -0.1) is 0 Å². The van der Waals surface area contributed by atoms with Crippen LogP contribution in [-0.4, -0.2) is 29.0 Å². The topological polar surface area (TPSA) is 105 Å². The lowest BCUT2D eigenvalue weighted by molar-refractivity contribution is -0.150. The molecule has 7 nitrogen and oxygen atoms in total. The molecular formula is C20H26N2O5. The molecule has 2 bridgehead atoms. The van der Waals surface area contributed by atoms with E-state index in [1.807, 2.05) is 32.0 Å². The molecule has 2 amide bonds. The molecule has 1 aromatic rings. The van der Waals surface area contributed by atoms with Gasteiger partial charge in [0.05, 0.1) is 11.8 Å². The molecule has 27 heavy (non-hydrogen) atoms. The highest BCUT2D eigenvalue weighted by Gasteiger charge is 2.54. The number of hydrogen-bond acceptors (Lipinski definition) is 4. The van der Waals surface area contributed by atoms with E-state index in [9.17, 15) is 19.5 Å². The average molecular weight is 374 g/mol. The Balaban J connectivity index is 1.55. The Kier molecular flexibility index (Phi) is 5.39. The number of benzene rings is 1. The Bertz CT molecular complexity index is 742. The minimum Gasteiger partial charge on any atom is -0.481 e. The Labute approximate surface area is 158 Å². The summed E-state index contributed by atoms with van der Waals surface area (Å²) in [6.45, 7) is 5.48. The zero-order valence-corrected chi connectivity index (χ0v) is 15.8. The highest BCUT2D eigenvalue weighted by molar-refractivity contribution is 5.89. The average Bonchev–Trinajstić information content (AvgIpc) is 3.19. The van der Waals surface area contributed by atoms with Crippen LogP contribution in [0.1, 0.15) is 37.3 Å². The molecule has 0 saturated heterocycles. The van der Waals surface area contributed by atoms with Gasteiger partial charge in [-0.25, -0.2) is 0 Å². The molecule has 0 radical (unpaired) electrons. The zero-order valence-electron chi connectivity index (χ0n) is 15.8. The molecule has 146 valence electrons. The van der Waals surface area contributed by atoms with Crippen molar-refractivity contribution in [2.45, 2.75) is 46.1 Å². The molecular weight excluding hydrogens is 348 g/mol. The van der Waals surface area contributed by atoms with Crippen molar-refractivity contribution in [3.8, 4) is 5.75 Å². The van der Waals surface area contributed by atoms with Gasteiger partial charge in [0.1, 0.15) is 5.75 Å². The third-order valence-electron chi connectivity index (χ3n) is 5.69. The number of carbonyl (C=O) groups is 3. The summed E-state index contributed by atoms with van der Waals surface area (Å²) in [6, 6.07) is 5.68. The number of rotatable bonds is 5. The summed E-state index contributed by atoms with van der Waals surface area (Å²) in [5.41, 5.74) is 6.83. The summed E-state index contributed by atoms with van der Waals surface area (Å²) < 4.78 is 5.65. The van der Waals surface area contributed by atoms with Crippen molar-refractivity contribution >= 4 is 17.8 Å². The fraction of sp³-hybridized carbons (Fsp3) is 0.550. The number of carbonyl (C=O) groups excluding carboxylic acids is 2. The lowest BCUT2D eigenvalue weighted by atomic mass is 9.79. The Morgan fingerprint density at radius 2 is 1.63 bits per heavy atom. The maximum atomic E-state index is 12.5. The van der Waals surface area contributed by atoms with Crippen LogP contribution in [-0.2, 0) is 14.4 Å². The van der Waals surface area contributed by atoms with Crippen molar-refractivity contribution in [3.05, 3.63) is 29.3 Å². The van der Waals surface area contributed by atoms with Gasteiger partial charge in [-0.1, -0.05) is 6.07 Å². The van der Waals surface area contributed by atoms with Crippen molar-refractivity contribution in [1.82, 2.24) is 10.9 Å². The van der Waals surface area contributed by atoms with E-state index in [4.69, 9.17) is 4.74 Å². The fourth-order valence-electron chi connectivity index (χ4n) is 4.59. The molecule has 0 spiro atoms. The van der Waals surface area contributed by atoms with Crippen LogP contribution >= 0.6 is 0 Å². The number of nitrogens with one attached hydrogen (secondary N) is 2. The van der Waals surface area contributed by atoms with Crippen molar-refractivity contribution in [2.24, 2.45) is 23.7 Å². The van der Waals surface area contributed by atoms with E-state index in [1.165, 1.54) is 0 Å². The van der Waals surface area contributed by atoms with Crippen LogP contribution in [0.4, 0.5) is 0 Å². The standard InChI is InChI=1S/C20H26N2O5/c1-10-6-11(2)8-15(7-10)27-12(3)18(23)21-22-19(24)16-13-4-5-14(9-13)17(16)20(25)26/h6-8,12-14,16-17H,4-5,9H2,1-3H3,(H,21,23)(H,22,24)(H,25,26)/t12-,13+,14+,16+,17+/m1/s1. The number of amides is 2. The third kappa shape index (κ3) is 4.07. The molecule has 1 aromatic carbocycles. The monoisotopic (exact) mass is 374 g/mol. The molecule has 3 rings (SSSR count). The lowest BCUT2D eigenvalue weighted by Gasteiger charge is -2.27. The zero-order chi connectivity index (χ0) is 19.7. The van der Waals surface area contributed by atoms with E-state index in [-0.39, 0.29) is 11.8 Å². The van der Waals surface area contributed by atoms with Gasteiger partial charge in [0.15, 0.2) is 6.10 Å². The second kappa shape index (κ2) is 7.58. The van der Waals surface area contributed by atoms with Gasteiger partial charge in [-0.3, -0.25) is 25.2 Å². The third-order valence-corrected chi connectivity index (χ3v) is 5.69. The number of aryl methyl sites for hydroxylation is 2. The van der Waals surface area contributed by atoms with Crippen LogP contribution in [0.25, 0.3) is 0 Å². The summed E-state index contributed by atoms with van der Waals surface area (Å²) in [5.74, 6) is -2.37. The number of aliphatic carboxylic acids is 1. The van der Waals surface area contributed by atoms with Crippen molar-refractivity contribution < 1.29 is 24.2 Å². The molecule has 2 aliphatic rings. The van der Waals surface area contributed by atoms with Gasteiger partial charge in [-0.2, -0.15) is 0 Å². The summed E-state index contributed by atoms with van der Waals surface area (Å²) in [5, 5.41) is 9.44. The predicted octanol–water partition coefficient (Wildman–Crippen LogP) is 1.97. The SMILES string of the molecule is Cc1cc(C)cc(O[C@H](C)C(=O)NNC(=O)[C@H]2[C@H]3CC[C@@H](C3)[C@@H]2C(=O)O)c1. The largest absolute Gasteiger partial charge is 0.481 e. The Morgan fingerprint density at radius 1 is 1.04 bits per heavy atom. The molecule has 0 aliphatic heterocycles. The number of carboxylic acid groups (broad SMARTS) is 1. The molecule has 0 unspecified atom stereocenters. The normalized spacial score (nSPS) is 27.1.